The predicted molar refractivity (Wildman–Crippen MR) is 59.9 cm³/mol. The lowest BCUT2D eigenvalue weighted by atomic mass is 10.1. The first-order valence-corrected chi connectivity index (χ1v) is 5.29. The summed E-state index contributed by atoms with van der Waals surface area (Å²) < 4.78 is 5.23. The van der Waals surface area contributed by atoms with Crippen LogP contribution < -0.4 is 0 Å². The minimum Gasteiger partial charge on any atom is -0.469 e. The molecule has 5 heteroatoms. The van der Waals surface area contributed by atoms with E-state index in [1.165, 1.54) is 7.11 Å². The molecule has 0 atom stereocenters. The average molecular weight is 298 g/mol. The summed E-state index contributed by atoms with van der Waals surface area (Å²) in [5, 5.41) is 1.01. The van der Waals surface area contributed by atoms with Crippen LogP contribution in [0.15, 0.2) is 16.6 Å². The Balaban J connectivity index is 2.98. The molecule has 0 aliphatic heterocycles. The van der Waals surface area contributed by atoms with E-state index in [4.69, 9.17) is 23.2 Å². The van der Waals surface area contributed by atoms with Crippen LogP contribution in [0.4, 0.5) is 0 Å². The molecule has 0 spiro atoms. The molecule has 1 aromatic rings. The lowest BCUT2D eigenvalue weighted by Crippen LogP contribution is -2.04. The monoisotopic (exact) mass is 296 g/mol. The van der Waals surface area contributed by atoms with E-state index in [-0.39, 0.29) is 12.4 Å². The molecule has 0 bridgehead atoms. The average Bonchev–Trinajstić information content (AvgIpc) is 2.14. The summed E-state index contributed by atoms with van der Waals surface area (Å²) in [4.78, 5) is 11.0. The van der Waals surface area contributed by atoms with Gasteiger partial charge in [-0.1, -0.05) is 23.2 Å². The number of carbonyl (C=O) groups is 1. The highest BCUT2D eigenvalue weighted by atomic mass is 79.9. The van der Waals surface area contributed by atoms with E-state index in [1.807, 2.05) is 0 Å². The second-order valence-electron chi connectivity index (χ2n) is 2.61. The van der Waals surface area contributed by atoms with Gasteiger partial charge >= 0.3 is 5.97 Å². The quantitative estimate of drug-likeness (QED) is 0.617. The molecule has 0 aliphatic rings. The van der Waals surface area contributed by atoms with Crippen LogP contribution >= 0.6 is 39.1 Å². The topological polar surface area (TPSA) is 26.3 Å². The maximum atomic E-state index is 11.0. The van der Waals surface area contributed by atoms with Gasteiger partial charge in [-0.15, -0.1) is 0 Å². The molecule has 0 N–H and O–H groups in total. The number of hydrogen-bond acceptors (Lipinski definition) is 2. The maximum absolute atomic E-state index is 11.0. The van der Waals surface area contributed by atoms with Crippen LogP contribution in [0.25, 0.3) is 0 Å². The van der Waals surface area contributed by atoms with Crippen molar-refractivity contribution in [1.29, 1.82) is 0 Å². The summed E-state index contributed by atoms with van der Waals surface area (Å²) in [5.41, 5.74) is 0.659. The van der Waals surface area contributed by atoms with Crippen LogP contribution in [0.2, 0.25) is 10.0 Å². The zero-order chi connectivity index (χ0) is 10.7. The van der Waals surface area contributed by atoms with Crippen LogP contribution in [0.3, 0.4) is 0 Å². The number of ether oxygens (including phenoxy) is 1. The molecule has 0 saturated carbocycles. The lowest BCUT2D eigenvalue weighted by molar-refractivity contribution is -0.139. The molecule has 14 heavy (non-hydrogen) atoms. The van der Waals surface area contributed by atoms with Gasteiger partial charge in [0.15, 0.2) is 0 Å². The Morgan fingerprint density at radius 3 is 2.64 bits per heavy atom. The molecule has 0 saturated heterocycles. The SMILES string of the molecule is COC(=O)Cc1cc(Cl)c(Br)cc1Cl. The Morgan fingerprint density at radius 2 is 2.07 bits per heavy atom. The summed E-state index contributed by atoms with van der Waals surface area (Å²) >= 11 is 15.0. The molecule has 0 fully saturated rings. The summed E-state index contributed by atoms with van der Waals surface area (Å²) in [6, 6.07) is 3.30. The summed E-state index contributed by atoms with van der Waals surface area (Å²) in [5.74, 6) is -0.342. The Kier molecular flexibility index (Phi) is 4.23. The summed E-state index contributed by atoms with van der Waals surface area (Å²) in [7, 11) is 1.33. The first-order valence-electron chi connectivity index (χ1n) is 3.75. The van der Waals surface area contributed by atoms with E-state index < -0.39 is 0 Å². The molecule has 2 nitrogen and oxygen atoms in total. The highest BCUT2D eigenvalue weighted by Crippen LogP contribution is 2.29. The zero-order valence-electron chi connectivity index (χ0n) is 7.31. The molecule has 0 amide bonds. The van der Waals surface area contributed by atoms with Crippen molar-refractivity contribution in [2.24, 2.45) is 0 Å². The van der Waals surface area contributed by atoms with Crippen molar-refractivity contribution in [2.75, 3.05) is 7.11 Å². The largest absolute Gasteiger partial charge is 0.469 e. The molecule has 0 heterocycles. The molecule has 1 aromatic carbocycles. The Morgan fingerprint density at radius 1 is 1.43 bits per heavy atom. The molecule has 0 aliphatic carbocycles. The number of carbonyl (C=O) groups excluding carboxylic acids is 1. The second-order valence-corrected chi connectivity index (χ2v) is 4.28. The Hall–Kier alpha value is -0.250. The third kappa shape index (κ3) is 2.87. The van der Waals surface area contributed by atoms with Gasteiger partial charge in [0.25, 0.3) is 0 Å². The van der Waals surface area contributed by atoms with E-state index in [0.29, 0.717) is 20.1 Å². The van der Waals surface area contributed by atoms with E-state index in [0.717, 1.165) is 0 Å². The summed E-state index contributed by atoms with van der Waals surface area (Å²) in [6.07, 6.45) is 0.127. The fourth-order valence-electron chi connectivity index (χ4n) is 0.927. The number of hydrogen-bond donors (Lipinski definition) is 0. The van der Waals surface area contributed by atoms with Crippen molar-refractivity contribution >= 4 is 45.1 Å². The maximum Gasteiger partial charge on any atom is 0.310 e. The standard InChI is InChI=1S/C9H7BrCl2O2/c1-14-9(13)3-5-2-8(12)6(10)4-7(5)11/h2,4H,3H2,1H3. The van der Waals surface area contributed by atoms with Crippen molar-refractivity contribution in [3.63, 3.8) is 0 Å². The normalized spacial score (nSPS) is 10.0. The highest BCUT2D eigenvalue weighted by molar-refractivity contribution is 9.10. The molecule has 0 radical (unpaired) electrons. The van der Waals surface area contributed by atoms with Gasteiger partial charge in [-0.3, -0.25) is 4.79 Å². The number of halogens is 3. The van der Waals surface area contributed by atoms with Crippen LogP contribution in [0.1, 0.15) is 5.56 Å². The minimum absolute atomic E-state index is 0.127. The first kappa shape index (κ1) is 11.8. The van der Waals surface area contributed by atoms with Crippen molar-refractivity contribution < 1.29 is 9.53 Å². The number of esters is 1. The van der Waals surface area contributed by atoms with Gasteiger partial charge in [-0.05, 0) is 33.6 Å². The smallest absolute Gasteiger partial charge is 0.310 e. The third-order valence-corrected chi connectivity index (χ3v) is 3.20. The van der Waals surface area contributed by atoms with Crippen LogP contribution in [0, 0.1) is 0 Å². The highest BCUT2D eigenvalue weighted by Gasteiger charge is 2.09. The van der Waals surface area contributed by atoms with Crippen molar-refractivity contribution in [3.05, 3.63) is 32.2 Å². The Bertz CT molecular complexity index is 366. The third-order valence-electron chi connectivity index (χ3n) is 1.65. The van der Waals surface area contributed by atoms with Crippen molar-refractivity contribution in [3.8, 4) is 0 Å². The molecular weight excluding hydrogens is 291 g/mol. The summed E-state index contributed by atoms with van der Waals surface area (Å²) in [6.45, 7) is 0. The second kappa shape index (κ2) is 5.01. The van der Waals surface area contributed by atoms with Crippen LogP contribution in [-0.2, 0) is 16.0 Å². The van der Waals surface area contributed by atoms with E-state index in [1.54, 1.807) is 12.1 Å². The van der Waals surface area contributed by atoms with E-state index in [9.17, 15) is 4.79 Å². The zero-order valence-corrected chi connectivity index (χ0v) is 10.4. The molecule has 1 rings (SSSR count). The Labute approximate surface area is 100 Å². The fraction of sp³-hybridized carbons (Fsp3) is 0.222. The van der Waals surface area contributed by atoms with E-state index in [2.05, 4.69) is 20.7 Å². The van der Waals surface area contributed by atoms with Gasteiger partial charge in [0.2, 0.25) is 0 Å². The van der Waals surface area contributed by atoms with Gasteiger partial charge in [-0.25, -0.2) is 0 Å². The molecule has 76 valence electrons. The fourth-order valence-corrected chi connectivity index (χ4v) is 1.82. The van der Waals surface area contributed by atoms with Gasteiger partial charge in [-0.2, -0.15) is 0 Å². The first-order chi connectivity index (χ1) is 6.54. The van der Waals surface area contributed by atoms with Gasteiger partial charge < -0.3 is 4.74 Å². The molecular formula is C9H7BrCl2O2. The van der Waals surface area contributed by atoms with Gasteiger partial charge in [0, 0.05) is 9.50 Å². The van der Waals surface area contributed by atoms with Gasteiger partial charge in [0.1, 0.15) is 0 Å². The number of benzene rings is 1. The molecule has 0 aromatic heterocycles. The van der Waals surface area contributed by atoms with Crippen LogP contribution in [0.5, 0.6) is 0 Å². The van der Waals surface area contributed by atoms with Crippen molar-refractivity contribution in [1.82, 2.24) is 0 Å². The van der Waals surface area contributed by atoms with Crippen molar-refractivity contribution in [2.45, 2.75) is 6.42 Å². The predicted octanol–water partition coefficient (Wildman–Crippen LogP) is 3.47. The number of rotatable bonds is 2. The molecule has 0 unspecified atom stereocenters. The minimum atomic E-state index is -0.342. The lowest BCUT2D eigenvalue weighted by Gasteiger charge is -2.05. The van der Waals surface area contributed by atoms with Crippen LogP contribution in [-0.4, -0.2) is 13.1 Å². The van der Waals surface area contributed by atoms with Gasteiger partial charge in [0.05, 0.1) is 18.6 Å². The number of methoxy groups -OCH3 is 1. The van der Waals surface area contributed by atoms with E-state index >= 15 is 0 Å².